The van der Waals surface area contributed by atoms with Gasteiger partial charge in [0, 0.05) is 11.2 Å². The van der Waals surface area contributed by atoms with Crippen molar-refractivity contribution in [2.24, 2.45) is 4.99 Å². The first-order valence-corrected chi connectivity index (χ1v) is 12.2. The lowest BCUT2D eigenvalue weighted by Crippen LogP contribution is -2.17. The van der Waals surface area contributed by atoms with Crippen molar-refractivity contribution in [2.75, 3.05) is 12.5 Å². The fourth-order valence-electron chi connectivity index (χ4n) is 2.68. The number of rotatable bonds is 5. The summed E-state index contributed by atoms with van der Waals surface area (Å²) < 4.78 is 26.1. The molecule has 1 heterocycles. The van der Waals surface area contributed by atoms with Crippen LogP contribution in [0.4, 0.5) is 0 Å². The van der Waals surface area contributed by atoms with Crippen LogP contribution in [0.15, 0.2) is 57.2 Å². The van der Waals surface area contributed by atoms with Gasteiger partial charge in [0.25, 0.3) is 5.91 Å². The molecule has 0 radical (unpaired) electrons. The monoisotopic (exact) mass is 430 g/mol. The molecule has 28 heavy (non-hydrogen) atoms. The number of amides is 1. The number of benzene rings is 2. The molecule has 3 aromatic rings. The number of hydrogen-bond donors (Lipinski definition) is 0. The fraction of sp³-hybridized carbons (Fsp3) is 0.200. The zero-order chi connectivity index (χ0) is 20.3. The number of carbonyl (C=O) groups excluding carboxylic acids is 1. The van der Waals surface area contributed by atoms with E-state index in [1.54, 1.807) is 28.5 Å². The van der Waals surface area contributed by atoms with Crippen molar-refractivity contribution >= 4 is 49.1 Å². The third-order valence-corrected chi connectivity index (χ3v) is 6.96. The Morgan fingerprint density at radius 1 is 1.25 bits per heavy atom. The van der Waals surface area contributed by atoms with Gasteiger partial charge in [-0.1, -0.05) is 29.4 Å². The number of nitrogens with zero attached hydrogens (tertiary/aromatic N) is 2. The van der Waals surface area contributed by atoms with E-state index in [1.165, 1.54) is 17.4 Å². The van der Waals surface area contributed by atoms with Crippen molar-refractivity contribution in [1.82, 2.24) is 4.57 Å². The molecule has 0 saturated carbocycles. The zero-order valence-corrected chi connectivity index (χ0v) is 17.8. The summed E-state index contributed by atoms with van der Waals surface area (Å²) in [6.07, 6.45) is 8.82. The molecule has 0 saturated heterocycles. The highest BCUT2D eigenvalue weighted by atomic mass is 32.2. The van der Waals surface area contributed by atoms with Gasteiger partial charge in [-0.05, 0) is 42.2 Å². The van der Waals surface area contributed by atoms with Crippen LogP contribution in [-0.2, 0) is 27.6 Å². The number of sulfone groups is 1. The van der Waals surface area contributed by atoms with Gasteiger partial charge in [0.1, 0.15) is 0 Å². The lowest BCUT2D eigenvalue weighted by Gasteiger charge is -2.02. The van der Waals surface area contributed by atoms with Crippen LogP contribution < -0.4 is 4.80 Å². The van der Waals surface area contributed by atoms with E-state index in [4.69, 9.17) is 6.42 Å². The lowest BCUT2D eigenvalue weighted by molar-refractivity contribution is -0.117. The van der Waals surface area contributed by atoms with Crippen molar-refractivity contribution in [3.8, 4) is 12.3 Å². The van der Waals surface area contributed by atoms with Gasteiger partial charge in [0.05, 0.1) is 28.1 Å². The number of thiazole rings is 1. The van der Waals surface area contributed by atoms with Crippen LogP contribution in [-0.4, -0.2) is 31.4 Å². The molecule has 1 amide bonds. The van der Waals surface area contributed by atoms with Gasteiger partial charge < -0.3 is 4.57 Å². The maximum absolute atomic E-state index is 12.5. The second-order valence-corrected chi connectivity index (χ2v) is 10.0. The van der Waals surface area contributed by atoms with Gasteiger partial charge in [-0.15, -0.1) is 18.2 Å². The summed E-state index contributed by atoms with van der Waals surface area (Å²) in [6.45, 7) is 0.243. The van der Waals surface area contributed by atoms with Gasteiger partial charge >= 0.3 is 0 Å². The van der Waals surface area contributed by atoms with E-state index in [1.807, 2.05) is 30.5 Å². The van der Waals surface area contributed by atoms with E-state index in [0.717, 1.165) is 22.2 Å². The first-order chi connectivity index (χ1) is 13.3. The van der Waals surface area contributed by atoms with Crippen molar-refractivity contribution in [3.05, 3.63) is 52.8 Å². The molecule has 0 N–H and O–H groups in total. The molecule has 144 valence electrons. The molecule has 3 rings (SSSR count). The Kier molecular flexibility index (Phi) is 6.08. The molecule has 0 spiro atoms. The van der Waals surface area contributed by atoms with Crippen LogP contribution in [0.2, 0.25) is 0 Å². The average Bonchev–Trinajstić information content (AvgIpc) is 2.98. The van der Waals surface area contributed by atoms with E-state index >= 15 is 0 Å². The summed E-state index contributed by atoms with van der Waals surface area (Å²) in [5.74, 6) is 2.28. The molecule has 5 nitrogen and oxygen atoms in total. The second kappa shape index (κ2) is 8.35. The van der Waals surface area contributed by atoms with Gasteiger partial charge in [-0.2, -0.15) is 4.99 Å². The summed E-state index contributed by atoms with van der Waals surface area (Å²) in [4.78, 5) is 18.5. The molecule has 0 bridgehead atoms. The minimum Gasteiger partial charge on any atom is -0.305 e. The third kappa shape index (κ3) is 4.55. The molecule has 0 atom stereocenters. The molecule has 8 heteroatoms. The molecule has 0 aliphatic rings. The number of thioether (sulfide) groups is 1. The van der Waals surface area contributed by atoms with Crippen LogP contribution >= 0.6 is 23.1 Å². The number of aromatic nitrogens is 1. The van der Waals surface area contributed by atoms with Crippen LogP contribution in [0.5, 0.6) is 0 Å². The predicted octanol–water partition coefficient (Wildman–Crippen LogP) is 3.13. The quantitative estimate of drug-likeness (QED) is 0.461. The van der Waals surface area contributed by atoms with E-state index in [0.29, 0.717) is 9.50 Å². The predicted molar refractivity (Wildman–Crippen MR) is 114 cm³/mol. The van der Waals surface area contributed by atoms with Gasteiger partial charge in [0.2, 0.25) is 0 Å². The fourth-order valence-corrected chi connectivity index (χ4v) is 4.89. The van der Waals surface area contributed by atoms with Crippen LogP contribution in [0, 0.1) is 12.3 Å². The molecule has 0 fully saturated rings. The molecular weight excluding hydrogens is 412 g/mol. The Hall–Kier alpha value is -2.34. The van der Waals surface area contributed by atoms with Crippen LogP contribution in [0.1, 0.15) is 5.56 Å². The highest BCUT2D eigenvalue weighted by Crippen LogP contribution is 2.22. The first kappa shape index (κ1) is 20.4. The summed E-state index contributed by atoms with van der Waals surface area (Å²) in [5.41, 5.74) is 1.64. The minimum absolute atomic E-state index is 0.188. The summed E-state index contributed by atoms with van der Waals surface area (Å²) in [5, 5.41) is 0. The highest BCUT2D eigenvalue weighted by molar-refractivity contribution is 7.98. The second-order valence-electron chi connectivity index (χ2n) is 6.11. The van der Waals surface area contributed by atoms with E-state index in [-0.39, 0.29) is 23.8 Å². The largest absolute Gasteiger partial charge is 0.305 e. The normalized spacial score (nSPS) is 12.2. The molecule has 0 unspecified atom stereocenters. The summed E-state index contributed by atoms with van der Waals surface area (Å²) in [6, 6.07) is 12.6. The average molecular weight is 431 g/mol. The number of terminal acetylenes is 1. The van der Waals surface area contributed by atoms with Crippen molar-refractivity contribution in [3.63, 3.8) is 0 Å². The van der Waals surface area contributed by atoms with Crippen LogP contribution in [0.3, 0.4) is 0 Å². The Morgan fingerprint density at radius 3 is 2.57 bits per heavy atom. The van der Waals surface area contributed by atoms with Gasteiger partial charge in [-0.3, -0.25) is 4.79 Å². The summed E-state index contributed by atoms with van der Waals surface area (Å²) in [7, 11) is -3.32. The zero-order valence-electron chi connectivity index (χ0n) is 15.4. The van der Waals surface area contributed by atoms with E-state index in [9.17, 15) is 13.2 Å². The van der Waals surface area contributed by atoms with Gasteiger partial charge in [0.15, 0.2) is 14.6 Å². The Balaban J connectivity index is 2.00. The molecular formula is C20H18N2O3S3. The van der Waals surface area contributed by atoms with E-state index < -0.39 is 9.84 Å². The lowest BCUT2D eigenvalue weighted by atomic mass is 10.1. The van der Waals surface area contributed by atoms with Crippen molar-refractivity contribution in [1.29, 1.82) is 0 Å². The maximum Gasteiger partial charge on any atom is 0.252 e. The molecule has 0 aliphatic carbocycles. The molecule has 0 aliphatic heterocycles. The SMILES string of the molecule is C#CCn1c(=NC(=O)Cc2ccc(SC)cc2)sc2cc(S(C)(=O)=O)ccc21. The number of fused-ring (bicyclic) bond motifs is 1. The maximum atomic E-state index is 12.5. The first-order valence-electron chi connectivity index (χ1n) is 8.29. The van der Waals surface area contributed by atoms with Gasteiger partial charge in [-0.25, -0.2) is 8.42 Å². The van der Waals surface area contributed by atoms with Crippen molar-refractivity contribution < 1.29 is 13.2 Å². The Bertz CT molecular complexity index is 1240. The van der Waals surface area contributed by atoms with Crippen LogP contribution in [0.25, 0.3) is 10.2 Å². The summed E-state index contributed by atoms with van der Waals surface area (Å²) >= 11 is 2.89. The third-order valence-electron chi connectivity index (χ3n) is 4.07. The number of hydrogen-bond acceptors (Lipinski definition) is 5. The standard InChI is InChI=1S/C20H18N2O3S3/c1-4-11-22-17-10-9-16(28(3,24)25)13-18(17)27-20(22)21-19(23)12-14-5-7-15(26-2)8-6-14/h1,5-10,13H,11-12H2,2-3H3. The minimum atomic E-state index is -3.32. The Morgan fingerprint density at radius 2 is 1.96 bits per heavy atom. The molecule has 2 aromatic carbocycles. The molecule has 1 aromatic heterocycles. The highest BCUT2D eigenvalue weighted by Gasteiger charge is 2.12. The smallest absolute Gasteiger partial charge is 0.252 e. The topological polar surface area (TPSA) is 68.5 Å². The van der Waals surface area contributed by atoms with Crippen molar-refractivity contribution in [2.45, 2.75) is 22.8 Å². The Labute approximate surface area is 172 Å². The number of carbonyl (C=O) groups is 1. The van der Waals surface area contributed by atoms with E-state index in [2.05, 4.69) is 10.9 Å².